The maximum absolute atomic E-state index is 13.0. The summed E-state index contributed by atoms with van der Waals surface area (Å²) in [5.41, 5.74) is 5.83. The third-order valence-corrected chi connectivity index (χ3v) is 6.93. The van der Waals surface area contributed by atoms with Crippen molar-refractivity contribution in [1.29, 1.82) is 0 Å². The molecule has 0 saturated carbocycles. The minimum Gasteiger partial charge on any atom is -0.457 e. The number of likely N-dealkylation sites (N-methyl/N-ethyl adjacent to an activating group) is 1. The van der Waals surface area contributed by atoms with Crippen LogP contribution in [-0.4, -0.2) is 62.5 Å². The zero-order valence-electron chi connectivity index (χ0n) is 22.9. The number of aromatic nitrogens is 5. The van der Waals surface area contributed by atoms with Gasteiger partial charge in [0.1, 0.15) is 29.2 Å². The topological polar surface area (TPSA) is 101 Å². The Bertz CT molecular complexity index is 1780. The van der Waals surface area contributed by atoms with E-state index in [0.717, 1.165) is 45.9 Å². The maximum atomic E-state index is 13.0. The van der Waals surface area contributed by atoms with Crippen molar-refractivity contribution >= 4 is 45.3 Å². The predicted molar refractivity (Wildman–Crippen MR) is 156 cm³/mol. The Labute approximate surface area is 232 Å². The van der Waals surface area contributed by atoms with Gasteiger partial charge in [0.15, 0.2) is 5.82 Å². The highest BCUT2D eigenvalue weighted by atomic mass is 16.5. The van der Waals surface area contributed by atoms with Gasteiger partial charge in [-0.2, -0.15) is 0 Å². The summed E-state index contributed by atoms with van der Waals surface area (Å²) < 4.78 is 8.14. The molecule has 1 aliphatic heterocycles. The van der Waals surface area contributed by atoms with Crippen LogP contribution in [0.3, 0.4) is 0 Å². The lowest BCUT2D eigenvalue weighted by Gasteiger charge is -2.16. The van der Waals surface area contributed by atoms with Crippen molar-refractivity contribution in [3.05, 3.63) is 78.4 Å². The van der Waals surface area contributed by atoms with Crippen LogP contribution < -0.4 is 15.0 Å². The Kier molecular flexibility index (Phi) is 6.61. The van der Waals surface area contributed by atoms with E-state index in [2.05, 4.69) is 20.3 Å². The summed E-state index contributed by atoms with van der Waals surface area (Å²) >= 11 is 0. The van der Waals surface area contributed by atoms with Gasteiger partial charge in [-0.15, -0.1) is 0 Å². The van der Waals surface area contributed by atoms with Crippen molar-refractivity contribution in [2.45, 2.75) is 13.3 Å². The molecule has 0 aliphatic carbocycles. The van der Waals surface area contributed by atoms with Crippen LogP contribution in [0.5, 0.6) is 11.5 Å². The second kappa shape index (κ2) is 10.4. The first-order chi connectivity index (χ1) is 19.4. The van der Waals surface area contributed by atoms with Gasteiger partial charge in [-0.05, 0) is 75.5 Å². The van der Waals surface area contributed by atoms with Gasteiger partial charge in [-0.25, -0.2) is 19.9 Å². The van der Waals surface area contributed by atoms with E-state index in [1.807, 2.05) is 92.1 Å². The van der Waals surface area contributed by atoms with Crippen molar-refractivity contribution < 1.29 is 9.53 Å². The first kappa shape index (κ1) is 25.4. The fraction of sp³-hybridized carbons (Fsp3) is 0.233. The van der Waals surface area contributed by atoms with Crippen LogP contribution in [0.2, 0.25) is 0 Å². The second-order valence-electron chi connectivity index (χ2n) is 10.2. The molecule has 4 heterocycles. The van der Waals surface area contributed by atoms with Crippen LogP contribution in [0.1, 0.15) is 12.0 Å². The number of imidazole rings is 1. The number of amides is 1. The molecule has 202 valence electrons. The zero-order valence-corrected chi connectivity index (χ0v) is 22.9. The molecule has 0 spiro atoms. The minimum atomic E-state index is -0.00605. The lowest BCUT2D eigenvalue weighted by atomic mass is 10.2. The Morgan fingerprint density at radius 2 is 1.93 bits per heavy atom. The zero-order chi connectivity index (χ0) is 27.8. The van der Waals surface area contributed by atoms with E-state index in [-0.39, 0.29) is 5.91 Å². The normalized spacial score (nSPS) is 14.7. The molecule has 1 amide bonds. The number of carbonyl (C=O) groups excluding carboxylic acids is 1. The largest absolute Gasteiger partial charge is 0.457 e. The van der Waals surface area contributed by atoms with Crippen molar-refractivity contribution in [3.63, 3.8) is 0 Å². The molecule has 1 saturated heterocycles. The fourth-order valence-electron chi connectivity index (χ4n) is 4.77. The Balaban J connectivity index is 1.23. The molecule has 10 heteroatoms. The molecule has 2 aromatic carbocycles. The van der Waals surface area contributed by atoms with Crippen LogP contribution in [-0.2, 0) is 11.8 Å². The van der Waals surface area contributed by atoms with Gasteiger partial charge in [0.05, 0.1) is 22.9 Å². The number of hydrogen-bond donors (Lipinski definition) is 1. The first-order valence-electron chi connectivity index (χ1n) is 13.1. The highest BCUT2D eigenvalue weighted by Crippen LogP contribution is 2.32. The standard InChI is InChI=1S/C30H30N8O2/c1-19-15-21(5-9-26(19)40-22-6-8-25-24(16-22)33-18-37(25)4)34-29-28-23(31-17-32-29)7-10-27(35-28)38-14-12-20(30(38)39)11-13-36(2)3/h5-11,15-18H,12-14H2,1-4H3,(H,31,32,34)/b20-11-. The van der Waals surface area contributed by atoms with Gasteiger partial charge in [0.2, 0.25) is 0 Å². The summed E-state index contributed by atoms with van der Waals surface area (Å²) in [6.45, 7) is 3.32. The second-order valence-corrected chi connectivity index (χ2v) is 10.2. The van der Waals surface area contributed by atoms with Gasteiger partial charge in [-0.1, -0.05) is 6.08 Å². The molecule has 1 fully saturated rings. The summed E-state index contributed by atoms with van der Waals surface area (Å²) in [7, 11) is 5.94. The van der Waals surface area contributed by atoms with Gasteiger partial charge >= 0.3 is 0 Å². The number of nitrogens with one attached hydrogen (secondary N) is 1. The molecule has 0 radical (unpaired) electrons. The van der Waals surface area contributed by atoms with Crippen LogP contribution in [0.15, 0.2) is 72.8 Å². The first-order valence-corrected chi connectivity index (χ1v) is 13.1. The SMILES string of the molecule is Cc1cc(Nc2ncnc3ccc(N4CC/C(=C/CN(C)C)C4=O)nc23)ccc1Oc1ccc2c(c1)ncn2C. The monoisotopic (exact) mass is 534 g/mol. The van der Waals surface area contributed by atoms with Gasteiger partial charge in [0.25, 0.3) is 5.91 Å². The molecule has 0 atom stereocenters. The summed E-state index contributed by atoms with van der Waals surface area (Å²) in [5, 5.41) is 3.37. The van der Waals surface area contributed by atoms with Gasteiger partial charge in [0, 0.05) is 37.5 Å². The van der Waals surface area contributed by atoms with Gasteiger partial charge < -0.3 is 19.5 Å². The highest BCUT2D eigenvalue weighted by molar-refractivity contribution is 6.08. The molecule has 40 heavy (non-hydrogen) atoms. The van der Waals surface area contributed by atoms with E-state index in [1.54, 1.807) is 11.2 Å². The number of benzene rings is 2. The van der Waals surface area contributed by atoms with E-state index in [1.165, 1.54) is 6.33 Å². The van der Waals surface area contributed by atoms with Crippen LogP contribution in [0.4, 0.5) is 17.3 Å². The summed E-state index contributed by atoms with van der Waals surface area (Å²) in [4.78, 5) is 34.8. The smallest absolute Gasteiger partial charge is 0.255 e. The third-order valence-electron chi connectivity index (χ3n) is 6.93. The number of pyridine rings is 1. The Hall–Kier alpha value is -4.83. The number of rotatable bonds is 7. The number of anilines is 3. The van der Waals surface area contributed by atoms with E-state index >= 15 is 0 Å². The van der Waals surface area contributed by atoms with Crippen LogP contribution >= 0.6 is 0 Å². The Morgan fingerprint density at radius 3 is 2.75 bits per heavy atom. The average molecular weight is 535 g/mol. The van der Waals surface area contributed by atoms with Crippen molar-refractivity contribution in [3.8, 4) is 11.5 Å². The molecule has 5 aromatic rings. The summed E-state index contributed by atoms with van der Waals surface area (Å²) in [5.74, 6) is 2.63. The number of nitrogens with zero attached hydrogens (tertiary/aromatic N) is 7. The molecule has 0 bridgehead atoms. The van der Waals surface area contributed by atoms with E-state index in [9.17, 15) is 4.79 Å². The molecule has 10 nitrogen and oxygen atoms in total. The van der Waals surface area contributed by atoms with Gasteiger partial charge in [-0.3, -0.25) is 9.69 Å². The number of hydrogen-bond acceptors (Lipinski definition) is 8. The molecule has 6 rings (SSSR count). The molecular formula is C30H30N8O2. The Morgan fingerprint density at radius 1 is 1.05 bits per heavy atom. The number of aryl methyl sites for hydroxylation is 2. The average Bonchev–Trinajstić information content (AvgIpc) is 3.50. The van der Waals surface area contributed by atoms with E-state index in [0.29, 0.717) is 35.6 Å². The third kappa shape index (κ3) is 4.96. The van der Waals surface area contributed by atoms with Crippen molar-refractivity contribution in [2.75, 3.05) is 37.4 Å². The van der Waals surface area contributed by atoms with Crippen LogP contribution in [0, 0.1) is 6.92 Å². The fourth-order valence-corrected chi connectivity index (χ4v) is 4.77. The van der Waals surface area contributed by atoms with Crippen LogP contribution in [0.25, 0.3) is 22.1 Å². The molecular weight excluding hydrogens is 504 g/mol. The van der Waals surface area contributed by atoms with Crippen molar-refractivity contribution in [2.24, 2.45) is 7.05 Å². The highest BCUT2D eigenvalue weighted by Gasteiger charge is 2.28. The van der Waals surface area contributed by atoms with E-state index < -0.39 is 0 Å². The molecule has 3 aromatic heterocycles. The quantitative estimate of drug-likeness (QED) is 0.292. The summed E-state index contributed by atoms with van der Waals surface area (Å²) in [6.07, 6.45) is 5.99. The molecule has 1 aliphatic rings. The maximum Gasteiger partial charge on any atom is 0.255 e. The molecule has 1 N–H and O–H groups in total. The van der Waals surface area contributed by atoms with Crippen molar-refractivity contribution in [1.82, 2.24) is 29.4 Å². The number of carbonyl (C=O) groups is 1. The predicted octanol–water partition coefficient (Wildman–Crippen LogP) is 4.98. The lowest BCUT2D eigenvalue weighted by Crippen LogP contribution is -2.25. The number of ether oxygens (including phenoxy) is 1. The lowest BCUT2D eigenvalue weighted by molar-refractivity contribution is -0.114. The summed E-state index contributed by atoms with van der Waals surface area (Å²) in [6, 6.07) is 15.4. The molecule has 0 unspecified atom stereocenters. The minimum absolute atomic E-state index is 0.00605. The number of fused-ring (bicyclic) bond motifs is 2. The van der Waals surface area contributed by atoms with E-state index in [4.69, 9.17) is 9.72 Å².